The van der Waals surface area contributed by atoms with Gasteiger partial charge in [0.1, 0.15) is 54.4 Å². The van der Waals surface area contributed by atoms with Crippen molar-refractivity contribution in [1.29, 1.82) is 0 Å². The van der Waals surface area contributed by atoms with E-state index >= 15 is 0 Å². The Morgan fingerprint density at radius 1 is 0.800 bits per heavy atom. The topological polar surface area (TPSA) is 229 Å². The summed E-state index contributed by atoms with van der Waals surface area (Å²) in [4.78, 5) is 11.4. The molecule has 0 saturated carbocycles. The fourth-order valence-electron chi connectivity index (χ4n) is 3.95. The number of phenolic OH excluding ortho intramolecular Hbond substituents is 1. The average molecular weight is 502 g/mol. The molecule has 0 spiro atoms. The number of aromatic hydroxyl groups is 1. The monoisotopic (exact) mass is 502 g/mol. The normalized spacial score (nSPS) is 37.9. The van der Waals surface area contributed by atoms with Crippen LogP contribution in [0.4, 0.5) is 0 Å². The summed E-state index contributed by atoms with van der Waals surface area (Å²) >= 11 is 0. The third kappa shape index (κ3) is 4.99. The fourth-order valence-corrected chi connectivity index (χ4v) is 3.95. The van der Waals surface area contributed by atoms with E-state index in [4.69, 9.17) is 23.4 Å². The second-order valence-electron chi connectivity index (χ2n) is 8.23. The molecule has 0 amide bonds. The van der Waals surface area contributed by atoms with E-state index < -0.39 is 86.0 Å². The van der Waals surface area contributed by atoms with Gasteiger partial charge in [-0.3, -0.25) is 0 Å². The number of hydrogen-bond acceptors (Lipinski definition) is 14. The first-order valence-corrected chi connectivity index (χ1v) is 10.7. The Morgan fingerprint density at radius 3 is 2.14 bits per heavy atom. The molecule has 4 rings (SSSR count). The molecule has 0 aliphatic carbocycles. The number of fused-ring (bicyclic) bond motifs is 1. The Labute approximate surface area is 196 Å². The molecule has 1 aromatic heterocycles. The maximum atomic E-state index is 11.4. The first kappa shape index (κ1) is 25.7. The summed E-state index contributed by atoms with van der Waals surface area (Å²) in [5.74, 6) is -0.671. The molecule has 35 heavy (non-hydrogen) atoms. The Bertz CT molecular complexity index is 1070. The largest absolute Gasteiger partial charge is 0.504 e. The molecule has 0 bridgehead atoms. The lowest BCUT2D eigenvalue weighted by Gasteiger charge is -2.45. The molecule has 0 radical (unpaired) electrons. The van der Waals surface area contributed by atoms with Crippen LogP contribution in [0.2, 0.25) is 0 Å². The minimum Gasteiger partial charge on any atom is -0.504 e. The number of aliphatic hydroxyl groups excluding tert-OH is 7. The highest BCUT2D eigenvalue weighted by atomic mass is 16.7. The third-order valence-corrected chi connectivity index (χ3v) is 5.91. The van der Waals surface area contributed by atoms with Crippen LogP contribution in [0.1, 0.15) is 0 Å². The number of hydrogen-bond donors (Lipinski definition) is 8. The molecule has 1 aromatic carbocycles. The second-order valence-corrected chi connectivity index (χ2v) is 8.23. The highest BCUT2D eigenvalue weighted by Crippen LogP contribution is 2.35. The molecule has 3 heterocycles. The highest BCUT2D eigenvalue weighted by molar-refractivity contribution is 5.80. The van der Waals surface area contributed by atoms with Gasteiger partial charge < -0.3 is 64.2 Å². The minimum atomic E-state index is -1.82. The minimum absolute atomic E-state index is 0.0694. The van der Waals surface area contributed by atoms with E-state index in [0.717, 1.165) is 12.1 Å². The standard InChI is InChI=1S/C21H26O14/c22-5-11-14(26)16(28)17(29)20(33-11)35-19-15(27)12(6-23)34-21(18(19)30)32-10-3-7-1-2-13(25)31-9(7)4-8(10)24/h1-4,11-12,14-24,26-30H,5-6H2/t11-,12-,14-,15-,16+,17-,18-,19+,20+,21-/m1/s1. The van der Waals surface area contributed by atoms with Gasteiger partial charge in [-0.1, -0.05) is 0 Å². The Hall–Kier alpha value is -2.37. The predicted molar refractivity (Wildman–Crippen MR) is 111 cm³/mol. The van der Waals surface area contributed by atoms with Crippen molar-refractivity contribution in [2.24, 2.45) is 0 Å². The molecule has 2 aliphatic rings. The van der Waals surface area contributed by atoms with Gasteiger partial charge >= 0.3 is 5.63 Å². The summed E-state index contributed by atoms with van der Waals surface area (Å²) in [5.41, 5.74) is -0.565. The molecule has 2 aliphatic heterocycles. The van der Waals surface area contributed by atoms with Crippen LogP contribution < -0.4 is 10.4 Å². The van der Waals surface area contributed by atoms with Crippen LogP contribution in [0.25, 0.3) is 11.0 Å². The van der Waals surface area contributed by atoms with Gasteiger partial charge in [-0.2, -0.15) is 0 Å². The van der Waals surface area contributed by atoms with Gasteiger partial charge in [-0.25, -0.2) is 4.79 Å². The molecule has 2 aromatic rings. The van der Waals surface area contributed by atoms with E-state index in [0.29, 0.717) is 5.39 Å². The number of benzene rings is 1. The Kier molecular flexibility index (Phi) is 7.58. The van der Waals surface area contributed by atoms with Crippen LogP contribution in [0.3, 0.4) is 0 Å². The van der Waals surface area contributed by atoms with Crippen LogP contribution in [0.15, 0.2) is 33.5 Å². The van der Waals surface area contributed by atoms with E-state index in [1.807, 2.05) is 0 Å². The third-order valence-electron chi connectivity index (χ3n) is 5.91. The number of ether oxygens (including phenoxy) is 4. The van der Waals surface area contributed by atoms with Gasteiger partial charge in [0.15, 0.2) is 17.8 Å². The van der Waals surface area contributed by atoms with Gasteiger partial charge in [0.05, 0.1) is 13.2 Å². The number of rotatable bonds is 6. The molecule has 14 nitrogen and oxygen atoms in total. The summed E-state index contributed by atoms with van der Waals surface area (Å²) in [6, 6.07) is 4.98. The summed E-state index contributed by atoms with van der Waals surface area (Å²) in [6.07, 6.45) is -16.3. The van der Waals surface area contributed by atoms with Gasteiger partial charge in [0.2, 0.25) is 6.29 Å². The first-order chi connectivity index (χ1) is 16.6. The summed E-state index contributed by atoms with van der Waals surface area (Å²) in [5, 5.41) is 81.1. The molecule has 0 unspecified atom stereocenters. The smallest absolute Gasteiger partial charge is 0.336 e. The van der Waals surface area contributed by atoms with Crippen molar-refractivity contribution in [2.45, 2.75) is 61.4 Å². The van der Waals surface area contributed by atoms with Gasteiger partial charge in [0.25, 0.3) is 0 Å². The zero-order valence-corrected chi connectivity index (χ0v) is 18.0. The average Bonchev–Trinajstić information content (AvgIpc) is 2.83. The van der Waals surface area contributed by atoms with Gasteiger partial charge in [-0.05, 0) is 12.1 Å². The van der Waals surface area contributed by atoms with Crippen LogP contribution in [-0.2, 0) is 14.2 Å². The SMILES string of the molecule is O=c1ccc2cc(O[C@@H]3O[C@H](CO)[C@@H](O)[C@H](O[C@@H]4O[C@H](CO)[C@@H](O)[C@H](O)[C@H]4O)[C@H]3O)c(O)cc2o1. The highest BCUT2D eigenvalue weighted by Gasteiger charge is 2.51. The lowest BCUT2D eigenvalue weighted by Crippen LogP contribution is -2.65. The molecular formula is C21H26O14. The number of aliphatic hydroxyl groups is 7. The summed E-state index contributed by atoms with van der Waals surface area (Å²) in [6.45, 7) is -1.47. The number of phenols is 1. The summed E-state index contributed by atoms with van der Waals surface area (Å²) < 4.78 is 26.7. The van der Waals surface area contributed by atoms with Crippen LogP contribution in [0.5, 0.6) is 11.5 Å². The molecular weight excluding hydrogens is 476 g/mol. The molecule has 8 N–H and O–H groups in total. The first-order valence-electron chi connectivity index (χ1n) is 10.7. The van der Waals surface area contributed by atoms with Gasteiger partial charge in [-0.15, -0.1) is 0 Å². The lowest BCUT2D eigenvalue weighted by molar-refractivity contribution is -0.352. The van der Waals surface area contributed by atoms with Crippen molar-refractivity contribution in [1.82, 2.24) is 0 Å². The van der Waals surface area contributed by atoms with Crippen molar-refractivity contribution >= 4 is 11.0 Å². The van der Waals surface area contributed by atoms with Crippen molar-refractivity contribution in [3.63, 3.8) is 0 Å². The molecule has 194 valence electrons. The molecule has 2 saturated heterocycles. The van der Waals surface area contributed by atoms with Crippen molar-refractivity contribution in [3.8, 4) is 11.5 Å². The van der Waals surface area contributed by atoms with Crippen LogP contribution in [-0.4, -0.2) is 115 Å². The maximum absolute atomic E-state index is 11.4. The van der Waals surface area contributed by atoms with E-state index in [1.165, 1.54) is 12.1 Å². The van der Waals surface area contributed by atoms with E-state index in [1.54, 1.807) is 0 Å². The Balaban J connectivity index is 1.57. The maximum Gasteiger partial charge on any atom is 0.336 e. The van der Waals surface area contributed by atoms with E-state index in [2.05, 4.69) is 0 Å². The second kappa shape index (κ2) is 10.3. The summed E-state index contributed by atoms with van der Waals surface area (Å²) in [7, 11) is 0. The van der Waals surface area contributed by atoms with Crippen LogP contribution >= 0.6 is 0 Å². The van der Waals surface area contributed by atoms with E-state index in [9.17, 15) is 45.6 Å². The predicted octanol–water partition coefficient (Wildman–Crippen LogP) is -3.50. The quantitative estimate of drug-likeness (QED) is 0.179. The van der Waals surface area contributed by atoms with Gasteiger partial charge in [0, 0.05) is 17.5 Å². The Morgan fingerprint density at radius 2 is 1.46 bits per heavy atom. The van der Waals surface area contributed by atoms with Crippen molar-refractivity contribution in [2.75, 3.05) is 13.2 Å². The zero-order valence-electron chi connectivity index (χ0n) is 18.0. The van der Waals surface area contributed by atoms with Crippen LogP contribution in [0, 0.1) is 0 Å². The van der Waals surface area contributed by atoms with Crippen molar-refractivity contribution < 1.29 is 64.2 Å². The van der Waals surface area contributed by atoms with E-state index in [-0.39, 0.29) is 11.3 Å². The lowest BCUT2D eigenvalue weighted by atomic mass is 9.97. The molecule has 10 atom stereocenters. The van der Waals surface area contributed by atoms with Crippen molar-refractivity contribution in [3.05, 3.63) is 34.7 Å². The fraction of sp³-hybridized carbons (Fsp3) is 0.571. The zero-order chi connectivity index (χ0) is 25.4. The molecule has 14 heteroatoms. The molecule has 2 fully saturated rings.